The second kappa shape index (κ2) is 11.0. The molecule has 2 aliphatic rings. The summed E-state index contributed by atoms with van der Waals surface area (Å²) in [5, 5.41) is 0. The van der Waals surface area contributed by atoms with Crippen LogP contribution < -0.4 is 0 Å². The van der Waals surface area contributed by atoms with Gasteiger partial charge in [0.1, 0.15) is 17.8 Å². The van der Waals surface area contributed by atoms with Crippen LogP contribution in [-0.2, 0) is 48.3 Å². The zero-order chi connectivity index (χ0) is 24.8. The molecule has 2 saturated heterocycles. The van der Waals surface area contributed by atoms with Gasteiger partial charge in [0.15, 0.2) is 5.78 Å². The molecule has 5 rings (SSSR count). The van der Waals surface area contributed by atoms with Gasteiger partial charge in [-0.25, -0.2) is 0 Å². The highest BCUT2D eigenvalue weighted by molar-refractivity contribution is 5.89. The van der Waals surface area contributed by atoms with Gasteiger partial charge in [-0.3, -0.25) is 4.79 Å². The molecule has 6 nitrogen and oxygen atoms in total. The van der Waals surface area contributed by atoms with Gasteiger partial charge in [0.05, 0.1) is 33.0 Å². The Kier molecular flexibility index (Phi) is 7.60. The van der Waals surface area contributed by atoms with Gasteiger partial charge >= 0.3 is 0 Å². The van der Waals surface area contributed by atoms with Crippen molar-refractivity contribution in [2.24, 2.45) is 0 Å². The first-order valence-electron chi connectivity index (χ1n) is 12.4. The van der Waals surface area contributed by atoms with Crippen LogP contribution in [0.4, 0.5) is 0 Å². The summed E-state index contributed by atoms with van der Waals surface area (Å²) in [7, 11) is 0. The normalized spacial score (nSPS) is 27.3. The van der Waals surface area contributed by atoms with Gasteiger partial charge in [-0.2, -0.15) is 0 Å². The van der Waals surface area contributed by atoms with Gasteiger partial charge in [-0.15, -0.1) is 0 Å². The van der Waals surface area contributed by atoms with Crippen molar-refractivity contribution in [2.45, 2.75) is 56.8 Å². The first-order valence-corrected chi connectivity index (χ1v) is 12.4. The number of benzene rings is 3. The maximum Gasteiger partial charge on any atom is 0.227 e. The van der Waals surface area contributed by atoms with Crippen molar-refractivity contribution in [3.8, 4) is 0 Å². The van der Waals surface area contributed by atoms with Crippen LogP contribution in [0.15, 0.2) is 91.0 Å². The van der Waals surface area contributed by atoms with E-state index < -0.39 is 23.6 Å². The maximum atomic E-state index is 13.1. The van der Waals surface area contributed by atoms with E-state index in [-0.39, 0.29) is 25.4 Å². The van der Waals surface area contributed by atoms with Crippen LogP contribution in [0.1, 0.15) is 30.0 Å². The largest absolute Gasteiger partial charge is 0.374 e. The average molecular weight is 489 g/mol. The van der Waals surface area contributed by atoms with Crippen molar-refractivity contribution < 1.29 is 28.5 Å². The van der Waals surface area contributed by atoms with E-state index in [0.29, 0.717) is 19.8 Å². The van der Waals surface area contributed by atoms with E-state index in [2.05, 4.69) is 0 Å². The van der Waals surface area contributed by atoms with Crippen molar-refractivity contribution >= 4 is 5.78 Å². The van der Waals surface area contributed by atoms with E-state index in [1.807, 2.05) is 91.0 Å². The minimum atomic E-state index is -1.34. The lowest BCUT2D eigenvalue weighted by atomic mass is 9.90. The average Bonchev–Trinajstić information content (AvgIpc) is 3.11. The highest BCUT2D eigenvalue weighted by atomic mass is 16.8. The fourth-order valence-corrected chi connectivity index (χ4v) is 4.94. The lowest BCUT2D eigenvalue weighted by Crippen LogP contribution is -2.62. The molecule has 4 atom stereocenters. The van der Waals surface area contributed by atoms with E-state index in [0.717, 1.165) is 16.7 Å². The molecule has 0 spiro atoms. The Bertz CT molecular complexity index is 1120. The highest BCUT2D eigenvalue weighted by Crippen LogP contribution is 2.47. The molecule has 2 heterocycles. The van der Waals surface area contributed by atoms with Crippen molar-refractivity contribution in [1.29, 1.82) is 0 Å². The van der Waals surface area contributed by atoms with Crippen LogP contribution in [0.2, 0.25) is 0 Å². The summed E-state index contributed by atoms with van der Waals surface area (Å²) >= 11 is 0. The number of hydrogen-bond acceptors (Lipinski definition) is 6. The predicted octanol–water partition coefficient (Wildman–Crippen LogP) is 4.85. The molecule has 2 fully saturated rings. The molecule has 3 aromatic rings. The molecule has 0 radical (unpaired) electrons. The topological polar surface area (TPSA) is 63.2 Å². The Morgan fingerprint density at radius 1 is 0.778 bits per heavy atom. The molecule has 0 unspecified atom stereocenters. The number of rotatable bonds is 11. The van der Waals surface area contributed by atoms with Gasteiger partial charge < -0.3 is 23.7 Å². The molecule has 0 saturated carbocycles. The van der Waals surface area contributed by atoms with Crippen LogP contribution in [0.25, 0.3) is 0 Å². The van der Waals surface area contributed by atoms with Gasteiger partial charge in [0.25, 0.3) is 0 Å². The van der Waals surface area contributed by atoms with Crippen LogP contribution in [0.3, 0.4) is 0 Å². The molecule has 36 heavy (non-hydrogen) atoms. The number of Topliss-reactive ketones (excluding diaryl/α,β-unsaturated/α-hetero) is 1. The molecule has 2 aliphatic heterocycles. The van der Waals surface area contributed by atoms with Crippen LogP contribution in [-0.4, -0.2) is 42.6 Å². The maximum absolute atomic E-state index is 13.1. The van der Waals surface area contributed by atoms with Crippen molar-refractivity contribution in [3.05, 3.63) is 108 Å². The molecule has 188 valence electrons. The monoisotopic (exact) mass is 488 g/mol. The first kappa shape index (κ1) is 24.8. The van der Waals surface area contributed by atoms with Crippen LogP contribution >= 0.6 is 0 Å². The molecule has 3 aromatic carbocycles. The van der Waals surface area contributed by atoms with E-state index in [1.54, 1.807) is 6.92 Å². The molecular formula is C30H32O6. The molecule has 6 heteroatoms. The Morgan fingerprint density at radius 2 is 1.31 bits per heavy atom. The number of carbonyl (C=O) groups is 1. The van der Waals surface area contributed by atoms with Gasteiger partial charge in [0, 0.05) is 6.42 Å². The second-order valence-electron chi connectivity index (χ2n) is 9.57. The van der Waals surface area contributed by atoms with Crippen molar-refractivity contribution in [1.82, 2.24) is 0 Å². The Balaban J connectivity index is 1.34. The third-order valence-electron chi connectivity index (χ3n) is 6.72. The Hall–Kier alpha value is -2.87. The third kappa shape index (κ3) is 5.59. The third-order valence-corrected chi connectivity index (χ3v) is 6.72. The predicted molar refractivity (Wildman–Crippen MR) is 134 cm³/mol. The lowest BCUT2D eigenvalue weighted by molar-refractivity contribution is -0.352. The molecular weight excluding hydrogens is 456 g/mol. The zero-order valence-corrected chi connectivity index (χ0v) is 20.5. The highest BCUT2D eigenvalue weighted by Gasteiger charge is 2.65. The Morgan fingerprint density at radius 3 is 1.89 bits per heavy atom. The fraction of sp³-hybridized carbons (Fsp3) is 0.367. The number of carbonyl (C=O) groups excluding carboxylic acids is 1. The Labute approximate surface area is 212 Å². The summed E-state index contributed by atoms with van der Waals surface area (Å²) in [4.78, 5) is 13.1. The van der Waals surface area contributed by atoms with E-state index in [1.165, 1.54) is 0 Å². The minimum absolute atomic E-state index is 0.107. The lowest BCUT2D eigenvalue weighted by Gasteiger charge is -2.46. The van der Waals surface area contributed by atoms with Crippen LogP contribution in [0.5, 0.6) is 0 Å². The smallest absolute Gasteiger partial charge is 0.227 e. The number of hydrogen-bond donors (Lipinski definition) is 0. The molecule has 0 aliphatic carbocycles. The van der Waals surface area contributed by atoms with Gasteiger partial charge in [-0.05, 0) is 23.6 Å². The molecule has 0 aromatic heterocycles. The minimum Gasteiger partial charge on any atom is -0.374 e. The molecule has 2 bridgehead atoms. The summed E-state index contributed by atoms with van der Waals surface area (Å²) in [6.45, 7) is 3.38. The molecule has 0 N–H and O–H groups in total. The molecule has 0 amide bonds. The van der Waals surface area contributed by atoms with Crippen LogP contribution in [0, 0.1) is 0 Å². The summed E-state index contributed by atoms with van der Waals surface area (Å²) in [5.74, 6) is -1.45. The van der Waals surface area contributed by atoms with Gasteiger partial charge in [-0.1, -0.05) is 91.0 Å². The number of ether oxygens (including phenoxy) is 5. The van der Waals surface area contributed by atoms with E-state index >= 15 is 0 Å². The van der Waals surface area contributed by atoms with Gasteiger partial charge in [0.2, 0.25) is 5.79 Å². The summed E-state index contributed by atoms with van der Waals surface area (Å²) in [6.07, 6.45) is -0.890. The quantitative estimate of drug-likeness (QED) is 0.385. The standard InChI is InChI=1S/C30H32O6/c1-29-27(31)17-30(36-29,22-33-19-24-13-7-3-8-14-24)28(34-20-25-15-9-4-10-16-25)26(35-29)21-32-18-23-11-5-2-6-12-23/h2-16,26,28H,17-22H2,1H3/t26-,28+,29+,30+/m1/s1. The SMILES string of the molecule is C[C@@]12O[C@H](COCc3ccccc3)[C@H](OCc3ccccc3)[C@@](COCc3ccccc3)(CC1=O)O2. The first-order chi connectivity index (χ1) is 17.6. The fourth-order valence-electron chi connectivity index (χ4n) is 4.94. The van der Waals surface area contributed by atoms with E-state index in [4.69, 9.17) is 23.7 Å². The van der Waals surface area contributed by atoms with Crippen molar-refractivity contribution in [3.63, 3.8) is 0 Å². The summed E-state index contributed by atoms with van der Waals surface area (Å²) < 4.78 is 31.2. The van der Waals surface area contributed by atoms with Crippen molar-refractivity contribution in [2.75, 3.05) is 13.2 Å². The number of fused-ring (bicyclic) bond motifs is 2. The zero-order valence-electron chi connectivity index (χ0n) is 20.5. The second-order valence-corrected chi connectivity index (χ2v) is 9.57. The summed E-state index contributed by atoms with van der Waals surface area (Å²) in [6, 6.07) is 29.8. The van der Waals surface area contributed by atoms with E-state index in [9.17, 15) is 4.79 Å². The number of ketones is 1. The summed E-state index contributed by atoms with van der Waals surface area (Å²) in [5.41, 5.74) is 2.18.